The number of fused-ring (bicyclic) bond motifs is 1. The number of hydrogen-bond acceptors (Lipinski definition) is 5. The Bertz CT molecular complexity index is 1360. The van der Waals surface area contributed by atoms with Gasteiger partial charge in [-0.3, -0.25) is 4.90 Å². The SMILES string of the molecule is CN(C(=O)OC(C)(C)C)c1nc(N)c(-c2cccc(-c3cccc(Br)c3)c2)c2c1ncn2C. The van der Waals surface area contributed by atoms with Gasteiger partial charge >= 0.3 is 6.09 Å². The number of nitrogen functional groups attached to an aromatic ring is 1. The normalized spacial score (nSPS) is 11.6. The van der Waals surface area contributed by atoms with E-state index < -0.39 is 11.7 Å². The number of imidazole rings is 1. The van der Waals surface area contributed by atoms with Crippen LogP contribution >= 0.6 is 15.9 Å². The van der Waals surface area contributed by atoms with Crippen LogP contribution in [0.2, 0.25) is 0 Å². The van der Waals surface area contributed by atoms with Gasteiger partial charge in [0.05, 0.1) is 17.4 Å². The van der Waals surface area contributed by atoms with Gasteiger partial charge in [0.15, 0.2) is 5.82 Å². The largest absolute Gasteiger partial charge is 0.443 e. The molecule has 0 fully saturated rings. The maximum atomic E-state index is 12.7. The maximum Gasteiger partial charge on any atom is 0.415 e. The molecule has 4 aromatic rings. The minimum atomic E-state index is -0.632. The highest BCUT2D eigenvalue weighted by atomic mass is 79.9. The first kappa shape index (κ1) is 22.8. The molecule has 2 N–H and O–H groups in total. The number of aromatic nitrogens is 3. The Morgan fingerprint density at radius 3 is 2.39 bits per heavy atom. The van der Waals surface area contributed by atoms with Gasteiger partial charge in [0.25, 0.3) is 0 Å². The monoisotopic (exact) mass is 507 g/mol. The molecule has 0 radical (unpaired) electrons. The number of halogens is 1. The van der Waals surface area contributed by atoms with E-state index in [1.165, 1.54) is 4.90 Å². The topological polar surface area (TPSA) is 86.3 Å². The molecular weight excluding hydrogens is 482 g/mol. The zero-order chi connectivity index (χ0) is 23.9. The number of nitrogens with two attached hydrogens (primary N) is 1. The van der Waals surface area contributed by atoms with E-state index in [1.807, 2.05) is 56.7 Å². The summed E-state index contributed by atoms with van der Waals surface area (Å²) in [4.78, 5) is 23.1. The van der Waals surface area contributed by atoms with Gasteiger partial charge in [0.2, 0.25) is 0 Å². The van der Waals surface area contributed by atoms with Gasteiger partial charge in [0, 0.05) is 18.6 Å². The molecule has 0 aliphatic rings. The molecule has 7 nitrogen and oxygen atoms in total. The molecular formula is C25H26BrN5O2. The Morgan fingerprint density at radius 1 is 1.09 bits per heavy atom. The van der Waals surface area contributed by atoms with Gasteiger partial charge in [-0.15, -0.1) is 0 Å². The van der Waals surface area contributed by atoms with Crippen LogP contribution in [0.25, 0.3) is 33.3 Å². The molecule has 2 aromatic carbocycles. The molecule has 8 heteroatoms. The molecule has 170 valence electrons. The van der Waals surface area contributed by atoms with Crippen LogP contribution in [0.15, 0.2) is 59.3 Å². The Morgan fingerprint density at radius 2 is 1.73 bits per heavy atom. The predicted molar refractivity (Wildman–Crippen MR) is 136 cm³/mol. The van der Waals surface area contributed by atoms with Gasteiger partial charge in [-0.1, -0.05) is 46.3 Å². The second-order valence-corrected chi connectivity index (χ2v) is 9.79. The van der Waals surface area contributed by atoms with Crippen molar-refractivity contribution >= 4 is 44.7 Å². The summed E-state index contributed by atoms with van der Waals surface area (Å²) in [6.07, 6.45) is 1.17. The lowest BCUT2D eigenvalue weighted by Gasteiger charge is -2.24. The summed E-state index contributed by atoms with van der Waals surface area (Å²) >= 11 is 3.54. The van der Waals surface area contributed by atoms with Crippen LogP contribution in [0.3, 0.4) is 0 Å². The third-order valence-corrected chi connectivity index (χ3v) is 5.66. The average Bonchev–Trinajstić information content (AvgIpc) is 3.13. The van der Waals surface area contributed by atoms with E-state index in [-0.39, 0.29) is 0 Å². The maximum absolute atomic E-state index is 12.7. The smallest absolute Gasteiger partial charge is 0.415 e. The van der Waals surface area contributed by atoms with E-state index in [1.54, 1.807) is 13.4 Å². The molecule has 2 heterocycles. The summed E-state index contributed by atoms with van der Waals surface area (Å²) in [6, 6.07) is 16.3. The fourth-order valence-corrected chi connectivity index (χ4v) is 4.09. The molecule has 0 atom stereocenters. The molecule has 0 unspecified atom stereocenters. The van der Waals surface area contributed by atoms with Crippen molar-refractivity contribution < 1.29 is 9.53 Å². The van der Waals surface area contributed by atoms with Gasteiger partial charge in [0.1, 0.15) is 16.9 Å². The third-order valence-electron chi connectivity index (χ3n) is 5.16. The predicted octanol–water partition coefficient (Wildman–Crippen LogP) is 6.02. The van der Waals surface area contributed by atoms with Crippen molar-refractivity contribution in [2.75, 3.05) is 17.7 Å². The fraction of sp³-hybridized carbons (Fsp3) is 0.240. The highest BCUT2D eigenvalue weighted by Gasteiger charge is 2.26. The minimum absolute atomic E-state index is 0.308. The summed E-state index contributed by atoms with van der Waals surface area (Å²) in [7, 11) is 3.51. The van der Waals surface area contributed by atoms with Crippen LogP contribution in [0.1, 0.15) is 20.8 Å². The Labute approximate surface area is 201 Å². The number of aryl methyl sites for hydroxylation is 1. The van der Waals surface area contributed by atoms with Gasteiger partial charge in [-0.05, 0) is 55.7 Å². The molecule has 0 aliphatic heterocycles. The van der Waals surface area contributed by atoms with Crippen molar-refractivity contribution in [1.29, 1.82) is 0 Å². The standard InChI is InChI=1S/C25H26BrN5O2/c1-25(2,3)33-24(32)31(5)23-20-21(30(4)14-28-20)19(22(27)29-23)17-10-6-8-15(12-17)16-9-7-11-18(26)13-16/h6-14H,1-5H3,(H2,27,29). The van der Waals surface area contributed by atoms with E-state index in [0.29, 0.717) is 17.2 Å². The van der Waals surface area contributed by atoms with Gasteiger partial charge < -0.3 is 15.0 Å². The summed E-state index contributed by atoms with van der Waals surface area (Å²) in [6.45, 7) is 5.45. The van der Waals surface area contributed by atoms with E-state index in [0.717, 1.165) is 32.2 Å². The fourth-order valence-electron chi connectivity index (χ4n) is 3.69. The summed E-state index contributed by atoms with van der Waals surface area (Å²) in [5.41, 5.74) is 11.0. The van der Waals surface area contributed by atoms with Crippen LogP contribution in [-0.2, 0) is 11.8 Å². The molecule has 0 spiro atoms. The Balaban J connectivity index is 1.85. The van der Waals surface area contributed by atoms with Crippen LogP contribution in [0.5, 0.6) is 0 Å². The molecule has 33 heavy (non-hydrogen) atoms. The first-order chi connectivity index (χ1) is 15.5. The number of carbonyl (C=O) groups excluding carboxylic acids is 1. The van der Waals surface area contributed by atoms with Crippen molar-refractivity contribution in [2.45, 2.75) is 26.4 Å². The van der Waals surface area contributed by atoms with Crippen molar-refractivity contribution in [1.82, 2.24) is 14.5 Å². The van der Waals surface area contributed by atoms with E-state index in [9.17, 15) is 4.79 Å². The van der Waals surface area contributed by atoms with Gasteiger partial charge in [-0.25, -0.2) is 14.8 Å². The number of amides is 1. The van der Waals surface area contributed by atoms with Crippen molar-refractivity contribution in [3.05, 3.63) is 59.3 Å². The number of benzene rings is 2. The number of ether oxygens (including phenoxy) is 1. The lowest BCUT2D eigenvalue weighted by Crippen LogP contribution is -2.34. The van der Waals surface area contributed by atoms with Crippen molar-refractivity contribution in [2.24, 2.45) is 7.05 Å². The quantitative estimate of drug-likeness (QED) is 0.366. The van der Waals surface area contributed by atoms with E-state index in [4.69, 9.17) is 10.5 Å². The molecule has 0 saturated heterocycles. The number of carbonyl (C=O) groups is 1. The molecule has 2 aromatic heterocycles. The van der Waals surface area contributed by atoms with Crippen molar-refractivity contribution in [3.8, 4) is 22.3 Å². The first-order valence-corrected chi connectivity index (χ1v) is 11.3. The number of rotatable bonds is 3. The van der Waals surface area contributed by atoms with Crippen LogP contribution in [0.4, 0.5) is 16.4 Å². The second-order valence-electron chi connectivity index (χ2n) is 8.88. The lowest BCUT2D eigenvalue weighted by atomic mass is 9.98. The second kappa shape index (κ2) is 8.51. The third kappa shape index (κ3) is 4.57. The highest BCUT2D eigenvalue weighted by Crippen LogP contribution is 2.38. The lowest BCUT2D eigenvalue weighted by molar-refractivity contribution is 0.0588. The summed E-state index contributed by atoms with van der Waals surface area (Å²) in [5, 5.41) is 0. The van der Waals surface area contributed by atoms with Gasteiger partial charge in [-0.2, -0.15) is 0 Å². The van der Waals surface area contributed by atoms with E-state index in [2.05, 4.69) is 50.2 Å². The van der Waals surface area contributed by atoms with E-state index >= 15 is 0 Å². The zero-order valence-electron chi connectivity index (χ0n) is 19.3. The number of anilines is 2. The van der Waals surface area contributed by atoms with Crippen molar-refractivity contribution in [3.63, 3.8) is 0 Å². The molecule has 0 aliphatic carbocycles. The number of nitrogens with zero attached hydrogens (tertiary/aromatic N) is 4. The first-order valence-electron chi connectivity index (χ1n) is 10.5. The number of pyridine rings is 1. The van der Waals surface area contributed by atoms with Crippen LogP contribution < -0.4 is 10.6 Å². The zero-order valence-corrected chi connectivity index (χ0v) is 20.8. The Kier molecular flexibility index (Phi) is 5.88. The molecule has 0 saturated carbocycles. The summed E-state index contributed by atoms with van der Waals surface area (Å²) < 4.78 is 8.41. The summed E-state index contributed by atoms with van der Waals surface area (Å²) in [5.74, 6) is 0.659. The van der Waals surface area contributed by atoms with Crippen LogP contribution in [-0.4, -0.2) is 33.3 Å². The minimum Gasteiger partial charge on any atom is -0.443 e. The molecule has 1 amide bonds. The molecule has 0 bridgehead atoms. The molecule has 4 rings (SSSR count). The average molecular weight is 508 g/mol. The Hall–Kier alpha value is -3.39. The highest BCUT2D eigenvalue weighted by molar-refractivity contribution is 9.10. The van der Waals surface area contributed by atoms with Crippen LogP contribution in [0, 0.1) is 0 Å². The number of hydrogen-bond donors (Lipinski definition) is 1.